The zero-order valence-electron chi connectivity index (χ0n) is 15.1. The molecule has 0 bridgehead atoms. The van der Waals surface area contributed by atoms with Gasteiger partial charge in [0.05, 0.1) is 0 Å². The average Bonchev–Trinajstić information content (AvgIpc) is 3.11. The number of hydrogen-bond acceptors (Lipinski definition) is 4. The number of aromatic nitrogens is 1. The molecule has 0 atom stereocenters. The summed E-state index contributed by atoms with van der Waals surface area (Å²) in [6.07, 6.45) is 0. The fourth-order valence-electron chi connectivity index (χ4n) is 2.81. The minimum Gasteiger partial charge on any atom is -0.483 e. The Morgan fingerprint density at radius 2 is 1.96 bits per heavy atom. The number of anilines is 1. The van der Waals surface area contributed by atoms with Crippen LogP contribution in [0.4, 0.5) is 10.1 Å². The lowest BCUT2D eigenvalue weighted by Gasteiger charge is -2.09. The number of aryl methyl sites for hydroxylation is 1. The molecule has 28 heavy (non-hydrogen) atoms. The molecule has 1 heterocycles. The molecule has 1 aromatic heterocycles. The molecular weight excluding hydrogens is 359 g/mol. The summed E-state index contributed by atoms with van der Waals surface area (Å²) in [6, 6.07) is 18.7. The Morgan fingerprint density at radius 3 is 2.79 bits per heavy atom. The van der Waals surface area contributed by atoms with Crippen molar-refractivity contribution in [1.82, 2.24) is 4.98 Å². The van der Waals surface area contributed by atoms with Gasteiger partial charge in [-0.15, -0.1) is 0 Å². The number of fused-ring (bicyclic) bond motifs is 1. The molecule has 140 valence electrons. The van der Waals surface area contributed by atoms with E-state index in [9.17, 15) is 9.18 Å². The topological polar surface area (TPSA) is 64.4 Å². The van der Waals surface area contributed by atoms with Crippen LogP contribution in [0.2, 0.25) is 0 Å². The van der Waals surface area contributed by atoms with Crippen molar-refractivity contribution in [1.29, 1.82) is 0 Å². The molecule has 0 aliphatic heterocycles. The summed E-state index contributed by atoms with van der Waals surface area (Å²) in [5, 5.41) is 2.78. The third-order valence-corrected chi connectivity index (χ3v) is 4.20. The van der Waals surface area contributed by atoms with Gasteiger partial charge in [-0.05, 0) is 55.0 Å². The first kappa shape index (κ1) is 17.7. The van der Waals surface area contributed by atoms with E-state index in [1.165, 1.54) is 12.1 Å². The maximum absolute atomic E-state index is 13.4. The quantitative estimate of drug-likeness (QED) is 0.535. The highest BCUT2D eigenvalue weighted by molar-refractivity contribution is 5.94. The average molecular weight is 376 g/mol. The molecule has 5 nitrogen and oxygen atoms in total. The molecule has 0 radical (unpaired) electrons. The van der Waals surface area contributed by atoms with Gasteiger partial charge in [0, 0.05) is 11.3 Å². The molecule has 0 saturated heterocycles. The van der Waals surface area contributed by atoms with E-state index in [0.29, 0.717) is 34.0 Å². The summed E-state index contributed by atoms with van der Waals surface area (Å²) in [5.41, 5.74) is 3.20. The van der Waals surface area contributed by atoms with Crippen LogP contribution in [-0.4, -0.2) is 17.5 Å². The van der Waals surface area contributed by atoms with Crippen molar-refractivity contribution in [3.63, 3.8) is 0 Å². The van der Waals surface area contributed by atoms with Gasteiger partial charge in [0.15, 0.2) is 12.2 Å². The summed E-state index contributed by atoms with van der Waals surface area (Å²) in [7, 11) is 0. The number of halogens is 1. The molecule has 3 aromatic carbocycles. The molecule has 0 spiro atoms. The van der Waals surface area contributed by atoms with Crippen molar-refractivity contribution in [3.8, 4) is 17.2 Å². The van der Waals surface area contributed by atoms with E-state index in [-0.39, 0.29) is 18.3 Å². The summed E-state index contributed by atoms with van der Waals surface area (Å²) in [4.78, 5) is 16.6. The summed E-state index contributed by atoms with van der Waals surface area (Å²) in [6.45, 7) is 1.82. The van der Waals surface area contributed by atoms with E-state index in [0.717, 1.165) is 5.56 Å². The Kier molecular flexibility index (Phi) is 4.76. The van der Waals surface area contributed by atoms with Gasteiger partial charge < -0.3 is 14.5 Å². The maximum atomic E-state index is 13.4. The second kappa shape index (κ2) is 7.52. The highest BCUT2D eigenvalue weighted by Crippen LogP contribution is 2.26. The monoisotopic (exact) mass is 376 g/mol. The molecule has 0 saturated carbocycles. The van der Waals surface area contributed by atoms with Gasteiger partial charge >= 0.3 is 0 Å². The Morgan fingerprint density at radius 1 is 1.11 bits per heavy atom. The van der Waals surface area contributed by atoms with E-state index in [1.54, 1.807) is 30.3 Å². The van der Waals surface area contributed by atoms with Crippen molar-refractivity contribution in [2.24, 2.45) is 0 Å². The number of hydrogen-bond donors (Lipinski definition) is 1. The van der Waals surface area contributed by atoms with E-state index >= 15 is 0 Å². The molecule has 0 aliphatic carbocycles. The first-order valence-corrected chi connectivity index (χ1v) is 8.73. The summed E-state index contributed by atoms with van der Waals surface area (Å²) in [5.74, 6) is 0.350. The predicted molar refractivity (Wildman–Crippen MR) is 105 cm³/mol. The zero-order valence-corrected chi connectivity index (χ0v) is 15.1. The van der Waals surface area contributed by atoms with E-state index in [4.69, 9.17) is 9.15 Å². The van der Waals surface area contributed by atoms with Crippen molar-refractivity contribution >= 4 is 22.7 Å². The van der Waals surface area contributed by atoms with Crippen LogP contribution < -0.4 is 10.1 Å². The molecule has 1 N–H and O–H groups in total. The number of carbonyl (C=O) groups excluding carboxylic acids is 1. The lowest BCUT2D eigenvalue weighted by atomic mass is 10.2. The van der Waals surface area contributed by atoms with Crippen LogP contribution in [0.5, 0.6) is 5.75 Å². The molecule has 4 rings (SSSR count). The van der Waals surface area contributed by atoms with Crippen LogP contribution in [0, 0.1) is 12.7 Å². The van der Waals surface area contributed by atoms with E-state index in [1.807, 2.05) is 31.2 Å². The van der Waals surface area contributed by atoms with Crippen LogP contribution in [-0.2, 0) is 4.79 Å². The highest BCUT2D eigenvalue weighted by atomic mass is 19.1. The van der Waals surface area contributed by atoms with Gasteiger partial charge in [0.1, 0.15) is 17.1 Å². The standard InChI is InChI=1S/C22H17FN2O3/c1-14-5-2-3-8-19(14)27-13-21(26)24-17-9-10-20-18(12-17)25-22(28-20)15-6-4-7-16(23)11-15/h2-12H,13H2,1H3,(H,24,26). The third-order valence-electron chi connectivity index (χ3n) is 4.20. The number of oxazole rings is 1. The van der Waals surface area contributed by atoms with Crippen molar-refractivity contribution in [2.75, 3.05) is 11.9 Å². The molecule has 1 amide bonds. The van der Waals surface area contributed by atoms with Gasteiger partial charge in [-0.3, -0.25) is 4.79 Å². The number of para-hydroxylation sites is 1. The normalized spacial score (nSPS) is 10.8. The van der Waals surface area contributed by atoms with Gasteiger partial charge in [0.25, 0.3) is 5.91 Å². The minimum atomic E-state index is -0.360. The molecule has 0 unspecified atom stereocenters. The fourth-order valence-corrected chi connectivity index (χ4v) is 2.81. The number of benzene rings is 3. The van der Waals surface area contributed by atoms with Gasteiger partial charge in [-0.2, -0.15) is 0 Å². The Bertz CT molecular complexity index is 1150. The van der Waals surface area contributed by atoms with E-state index < -0.39 is 0 Å². The first-order valence-electron chi connectivity index (χ1n) is 8.73. The SMILES string of the molecule is Cc1ccccc1OCC(=O)Nc1ccc2oc(-c3cccc(F)c3)nc2c1. The zero-order chi connectivity index (χ0) is 19.5. The maximum Gasteiger partial charge on any atom is 0.262 e. The number of carbonyl (C=O) groups is 1. The fraction of sp³-hybridized carbons (Fsp3) is 0.0909. The second-order valence-electron chi connectivity index (χ2n) is 6.31. The third kappa shape index (κ3) is 3.86. The summed E-state index contributed by atoms with van der Waals surface area (Å²) < 4.78 is 24.6. The van der Waals surface area contributed by atoms with Crippen molar-refractivity contribution in [3.05, 3.63) is 78.1 Å². The molecule has 0 fully saturated rings. The number of rotatable bonds is 5. The minimum absolute atomic E-state index is 0.101. The molecule has 0 aliphatic rings. The lowest BCUT2D eigenvalue weighted by Crippen LogP contribution is -2.20. The van der Waals surface area contributed by atoms with Gasteiger partial charge in [-0.25, -0.2) is 9.37 Å². The number of nitrogens with zero attached hydrogens (tertiary/aromatic N) is 1. The largest absolute Gasteiger partial charge is 0.483 e. The second-order valence-corrected chi connectivity index (χ2v) is 6.31. The van der Waals surface area contributed by atoms with Crippen LogP contribution in [0.3, 0.4) is 0 Å². The van der Waals surface area contributed by atoms with Crippen molar-refractivity contribution in [2.45, 2.75) is 6.92 Å². The van der Waals surface area contributed by atoms with Crippen LogP contribution >= 0.6 is 0 Å². The van der Waals surface area contributed by atoms with E-state index in [2.05, 4.69) is 10.3 Å². The molecule has 6 heteroatoms. The Balaban J connectivity index is 1.47. The Hall–Kier alpha value is -3.67. The van der Waals surface area contributed by atoms with Crippen LogP contribution in [0.1, 0.15) is 5.56 Å². The lowest BCUT2D eigenvalue weighted by molar-refractivity contribution is -0.118. The van der Waals surface area contributed by atoms with Crippen LogP contribution in [0.15, 0.2) is 71.1 Å². The predicted octanol–water partition coefficient (Wildman–Crippen LogP) is 4.96. The van der Waals surface area contributed by atoms with Crippen LogP contribution in [0.25, 0.3) is 22.6 Å². The highest BCUT2D eigenvalue weighted by Gasteiger charge is 2.11. The number of ether oxygens (including phenoxy) is 1. The van der Waals surface area contributed by atoms with Gasteiger partial charge in [-0.1, -0.05) is 24.3 Å². The molecule has 4 aromatic rings. The summed E-state index contributed by atoms with van der Waals surface area (Å²) >= 11 is 0. The Labute approximate surface area is 160 Å². The smallest absolute Gasteiger partial charge is 0.262 e. The van der Waals surface area contributed by atoms with Crippen molar-refractivity contribution < 1.29 is 18.3 Å². The first-order chi connectivity index (χ1) is 13.6. The van der Waals surface area contributed by atoms with Gasteiger partial charge in [0.2, 0.25) is 5.89 Å². The molecular formula is C22H17FN2O3. The number of nitrogens with one attached hydrogen (secondary N) is 1. The number of amides is 1.